The topological polar surface area (TPSA) is 73.7 Å². The lowest BCUT2D eigenvalue weighted by molar-refractivity contribution is -0.170. The number of anilines is 2. The first-order valence-electron chi connectivity index (χ1n) is 13.2. The van der Waals surface area contributed by atoms with E-state index in [9.17, 15) is 4.79 Å². The number of carbonyl (C=O) groups excluding carboxylic acids is 1. The first kappa shape index (κ1) is 24.6. The molecule has 9 nitrogen and oxygen atoms in total. The van der Waals surface area contributed by atoms with Crippen molar-refractivity contribution in [1.29, 1.82) is 0 Å². The smallest absolute Gasteiger partial charge is 0.272 e. The molecule has 38 heavy (non-hydrogen) atoms. The second-order valence-corrected chi connectivity index (χ2v) is 10.2. The summed E-state index contributed by atoms with van der Waals surface area (Å²) in [6, 6.07) is 16.3. The van der Waals surface area contributed by atoms with Gasteiger partial charge in [0.05, 0.1) is 24.7 Å². The minimum atomic E-state index is -0.533. The highest BCUT2D eigenvalue weighted by molar-refractivity contribution is 5.94. The zero-order chi connectivity index (χ0) is 26.2. The molecule has 1 saturated heterocycles. The fraction of sp³-hybridized carbons (Fsp3) is 0.414. The second kappa shape index (κ2) is 10.2. The van der Waals surface area contributed by atoms with Crippen molar-refractivity contribution < 1.29 is 14.4 Å². The van der Waals surface area contributed by atoms with Gasteiger partial charge in [0.25, 0.3) is 5.91 Å². The van der Waals surface area contributed by atoms with Crippen molar-refractivity contribution >= 4 is 34.5 Å². The molecule has 2 atom stereocenters. The summed E-state index contributed by atoms with van der Waals surface area (Å²) in [5.41, 5.74) is 5.55. The van der Waals surface area contributed by atoms with Crippen LogP contribution in [-0.2, 0) is 16.1 Å². The number of hydroxylamine groups is 2. The van der Waals surface area contributed by atoms with Crippen LogP contribution in [0.5, 0.6) is 5.75 Å². The number of fused-ring (bicyclic) bond motifs is 4. The number of hydrogen-bond donors (Lipinski definition) is 0. The van der Waals surface area contributed by atoms with Crippen LogP contribution in [0.1, 0.15) is 11.3 Å². The summed E-state index contributed by atoms with van der Waals surface area (Å²) in [4.78, 5) is 34.0. The Balaban J connectivity index is 1.09. The van der Waals surface area contributed by atoms with E-state index in [1.807, 2.05) is 13.0 Å². The van der Waals surface area contributed by atoms with Gasteiger partial charge in [-0.2, -0.15) is 0 Å². The van der Waals surface area contributed by atoms with Crippen molar-refractivity contribution in [3.63, 3.8) is 0 Å². The van der Waals surface area contributed by atoms with Crippen LogP contribution in [0.3, 0.4) is 0 Å². The summed E-state index contributed by atoms with van der Waals surface area (Å²) in [5.74, 6) is 0.731. The van der Waals surface area contributed by atoms with Crippen molar-refractivity contribution in [1.82, 2.24) is 14.9 Å². The van der Waals surface area contributed by atoms with E-state index >= 15 is 0 Å². The monoisotopic (exact) mass is 514 g/mol. The molecule has 2 aromatic carbocycles. The van der Waals surface area contributed by atoms with Crippen LogP contribution in [0.15, 0.2) is 53.5 Å². The predicted octanol–water partition coefficient (Wildman–Crippen LogP) is 2.91. The van der Waals surface area contributed by atoms with E-state index in [0.29, 0.717) is 6.61 Å². The van der Waals surface area contributed by atoms with E-state index in [0.717, 1.165) is 61.8 Å². The quantitative estimate of drug-likeness (QED) is 0.469. The molecule has 0 saturated carbocycles. The van der Waals surface area contributed by atoms with Gasteiger partial charge in [-0.1, -0.05) is 18.2 Å². The van der Waals surface area contributed by atoms with Crippen LogP contribution in [-0.4, -0.2) is 92.8 Å². The Morgan fingerprint density at radius 2 is 1.87 bits per heavy atom. The summed E-state index contributed by atoms with van der Waals surface area (Å²) in [6.45, 7) is 7.45. The molecular weight excluding hydrogens is 480 g/mol. The number of nitrogens with zero attached hydrogens (tertiary/aromatic N) is 6. The molecule has 0 radical (unpaired) electrons. The highest BCUT2D eigenvalue weighted by Gasteiger charge is 2.42. The molecule has 3 aromatic rings. The highest BCUT2D eigenvalue weighted by atomic mass is 16.7. The maximum atomic E-state index is 12.7. The Morgan fingerprint density at radius 3 is 2.68 bits per heavy atom. The fourth-order valence-corrected chi connectivity index (χ4v) is 5.71. The van der Waals surface area contributed by atoms with Gasteiger partial charge in [0.2, 0.25) is 0 Å². The van der Waals surface area contributed by atoms with Crippen molar-refractivity contribution in [3.8, 4) is 5.75 Å². The molecule has 4 heterocycles. The minimum Gasteiger partial charge on any atom is -0.489 e. The Bertz CT molecular complexity index is 1370. The first-order chi connectivity index (χ1) is 18.5. The molecule has 1 amide bonds. The van der Waals surface area contributed by atoms with Gasteiger partial charge in [-0.15, -0.1) is 0 Å². The van der Waals surface area contributed by atoms with E-state index < -0.39 is 6.04 Å². The number of ether oxygens (including phenoxy) is 1. The molecule has 2 unspecified atom stereocenters. The number of benzene rings is 2. The Kier molecular flexibility index (Phi) is 6.63. The third kappa shape index (κ3) is 4.46. The average molecular weight is 515 g/mol. The van der Waals surface area contributed by atoms with Crippen molar-refractivity contribution in [2.75, 3.05) is 63.3 Å². The Hall–Kier alpha value is -3.69. The molecular formula is C29H34N6O3. The molecule has 1 aromatic heterocycles. The number of aromatic nitrogens is 1. The molecule has 0 bridgehead atoms. The van der Waals surface area contributed by atoms with E-state index in [1.54, 1.807) is 13.4 Å². The Morgan fingerprint density at radius 1 is 1.08 bits per heavy atom. The summed E-state index contributed by atoms with van der Waals surface area (Å²) >= 11 is 0. The van der Waals surface area contributed by atoms with E-state index in [4.69, 9.17) is 14.6 Å². The Labute approximate surface area is 223 Å². The van der Waals surface area contributed by atoms with Gasteiger partial charge in [0, 0.05) is 56.5 Å². The number of likely N-dealkylation sites (N-methyl/N-ethyl adjacent to an activating group) is 1. The lowest BCUT2D eigenvalue weighted by atomic mass is 10.0. The van der Waals surface area contributed by atoms with Crippen LogP contribution in [0.4, 0.5) is 11.4 Å². The number of amides is 1. The van der Waals surface area contributed by atoms with Gasteiger partial charge in [-0.3, -0.25) is 24.5 Å². The normalized spacial score (nSPS) is 20.8. The number of aliphatic imine (C=N–C) groups is 1. The number of rotatable bonds is 6. The van der Waals surface area contributed by atoms with Crippen LogP contribution < -0.4 is 14.5 Å². The third-order valence-electron chi connectivity index (χ3n) is 7.92. The van der Waals surface area contributed by atoms with E-state index in [1.165, 1.54) is 28.8 Å². The van der Waals surface area contributed by atoms with Crippen LogP contribution in [0.25, 0.3) is 10.9 Å². The average Bonchev–Trinajstić information content (AvgIpc) is 3.39. The highest BCUT2D eigenvalue weighted by Crippen LogP contribution is 2.39. The number of carbonyl (C=O) groups is 1. The maximum Gasteiger partial charge on any atom is 0.272 e. The maximum absolute atomic E-state index is 12.7. The van der Waals surface area contributed by atoms with Crippen LogP contribution >= 0.6 is 0 Å². The second-order valence-electron chi connectivity index (χ2n) is 10.2. The molecule has 0 aliphatic carbocycles. The summed E-state index contributed by atoms with van der Waals surface area (Å²) in [6.07, 6.45) is 2.68. The predicted molar refractivity (Wildman–Crippen MR) is 149 cm³/mol. The summed E-state index contributed by atoms with van der Waals surface area (Å²) in [5, 5.41) is 2.45. The van der Waals surface area contributed by atoms with Crippen molar-refractivity contribution in [2.24, 2.45) is 4.99 Å². The zero-order valence-electron chi connectivity index (χ0n) is 22.2. The van der Waals surface area contributed by atoms with Gasteiger partial charge in [-0.25, -0.2) is 5.06 Å². The molecule has 1 fully saturated rings. The first-order valence-corrected chi connectivity index (χ1v) is 13.2. The minimum absolute atomic E-state index is 0.163. The van der Waals surface area contributed by atoms with Crippen molar-refractivity contribution in [3.05, 3.63) is 59.8 Å². The molecule has 0 spiro atoms. The van der Waals surface area contributed by atoms with Crippen LogP contribution in [0, 0.1) is 6.92 Å². The van der Waals surface area contributed by atoms with Gasteiger partial charge < -0.3 is 14.5 Å². The van der Waals surface area contributed by atoms with Gasteiger partial charge in [0.1, 0.15) is 18.4 Å². The molecule has 9 heteroatoms. The largest absolute Gasteiger partial charge is 0.489 e. The van der Waals surface area contributed by atoms with Crippen molar-refractivity contribution in [2.45, 2.75) is 25.4 Å². The summed E-state index contributed by atoms with van der Waals surface area (Å²) in [7, 11) is 3.09. The van der Waals surface area contributed by atoms with Gasteiger partial charge in [-0.05, 0) is 49.2 Å². The SMILES string of the molecule is CON(C)C(=O)C1N=CN2c3cccc(CCN4CCN(c5cccc6nc(C)ccc56)CC4)c3OCC12. The standard InChI is InChI=1S/C29H34N6O3/c1-20-10-11-22-23(31-20)7-5-8-24(22)34-16-14-33(15-17-34)13-12-21-6-4-9-25-28(21)38-18-26-27(30-19-35(25)26)29(36)32(2)37-3/h4-11,19,26-27H,12-18H2,1-3H3. The van der Waals surface area contributed by atoms with Gasteiger partial charge in [0.15, 0.2) is 6.04 Å². The number of aryl methyl sites for hydroxylation is 1. The number of hydrogen-bond acceptors (Lipinski definition) is 8. The van der Waals surface area contributed by atoms with Crippen LogP contribution in [0.2, 0.25) is 0 Å². The molecule has 3 aliphatic heterocycles. The molecule has 6 rings (SSSR count). The number of para-hydroxylation sites is 1. The van der Waals surface area contributed by atoms with Gasteiger partial charge >= 0.3 is 0 Å². The number of piperazine rings is 1. The zero-order valence-corrected chi connectivity index (χ0v) is 22.2. The summed E-state index contributed by atoms with van der Waals surface area (Å²) < 4.78 is 6.26. The van der Waals surface area contributed by atoms with E-state index in [-0.39, 0.29) is 11.9 Å². The molecule has 198 valence electrons. The molecule has 0 N–H and O–H groups in total. The fourth-order valence-electron chi connectivity index (χ4n) is 5.71. The number of pyridine rings is 1. The third-order valence-corrected chi connectivity index (χ3v) is 7.92. The lowest BCUT2D eigenvalue weighted by Crippen LogP contribution is -2.50. The molecule has 3 aliphatic rings. The lowest BCUT2D eigenvalue weighted by Gasteiger charge is -2.37. The van der Waals surface area contributed by atoms with E-state index in [2.05, 4.69) is 62.2 Å².